The van der Waals surface area contributed by atoms with Crippen LogP contribution in [-0.2, 0) is 6.54 Å². The lowest BCUT2D eigenvalue weighted by molar-refractivity contribution is 0.0201. The van der Waals surface area contributed by atoms with Gasteiger partial charge in [0.05, 0.1) is 12.6 Å². The summed E-state index contributed by atoms with van der Waals surface area (Å²) in [4.78, 5) is 19.6. The average Bonchev–Trinajstić information content (AvgIpc) is 3.11. The fraction of sp³-hybridized carbons (Fsp3) is 0.800. The van der Waals surface area contributed by atoms with Crippen LogP contribution in [0.15, 0.2) is 10.6 Å². The molecule has 4 heterocycles. The van der Waals surface area contributed by atoms with Crippen molar-refractivity contribution in [3.8, 4) is 0 Å². The van der Waals surface area contributed by atoms with Crippen molar-refractivity contribution >= 4 is 5.91 Å². The van der Waals surface area contributed by atoms with E-state index in [4.69, 9.17) is 4.52 Å². The van der Waals surface area contributed by atoms with Crippen molar-refractivity contribution in [2.75, 3.05) is 46.3 Å². The Balaban J connectivity index is 1.37. The van der Waals surface area contributed by atoms with Gasteiger partial charge in [-0.1, -0.05) is 5.16 Å². The molecular weight excluding hydrogens is 344 g/mol. The summed E-state index contributed by atoms with van der Waals surface area (Å²) >= 11 is 0. The Kier molecular flexibility index (Phi) is 5.53. The Morgan fingerprint density at radius 3 is 2.70 bits per heavy atom. The van der Waals surface area contributed by atoms with Crippen LogP contribution in [0.1, 0.15) is 54.8 Å². The largest absolute Gasteiger partial charge is 0.393 e. The van der Waals surface area contributed by atoms with E-state index < -0.39 is 0 Å². The lowest BCUT2D eigenvalue weighted by atomic mass is 9.74. The molecule has 1 aromatic rings. The van der Waals surface area contributed by atoms with Crippen LogP contribution in [0.2, 0.25) is 0 Å². The SMILES string of the molecule is CN1CCC[C@]2(CCCN(C(=O)c3cc(CN4CCC(O)CC4)on3)C2)C1. The van der Waals surface area contributed by atoms with Crippen molar-refractivity contribution in [3.05, 3.63) is 17.5 Å². The lowest BCUT2D eigenvalue weighted by Crippen LogP contribution is -2.52. The number of aliphatic hydroxyl groups excluding tert-OH is 1. The molecule has 0 aliphatic carbocycles. The maximum absolute atomic E-state index is 13.0. The minimum absolute atomic E-state index is 0.00590. The molecule has 4 rings (SSSR count). The molecule has 3 fully saturated rings. The highest BCUT2D eigenvalue weighted by molar-refractivity contribution is 5.92. The topological polar surface area (TPSA) is 73.0 Å². The molecular formula is C20H32N4O3. The quantitative estimate of drug-likeness (QED) is 0.864. The molecule has 150 valence electrons. The second kappa shape index (κ2) is 7.89. The Bertz CT molecular complexity index is 651. The third-order valence-electron chi connectivity index (χ3n) is 6.52. The zero-order valence-electron chi connectivity index (χ0n) is 16.4. The summed E-state index contributed by atoms with van der Waals surface area (Å²) in [6, 6.07) is 1.81. The number of aliphatic hydroxyl groups is 1. The number of nitrogens with zero attached hydrogens (tertiary/aromatic N) is 4. The number of aromatic nitrogens is 1. The lowest BCUT2D eigenvalue weighted by Gasteiger charge is -2.47. The first-order chi connectivity index (χ1) is 13.0. The van der Waals surface area contributed by atoms with E-state index in [0.717, 1.165) is 64.3 Å². The molecule has 0 unspecified atom stereocenters. The first kappa shape index (κ1) is 18.9. The van der Waals surface area contributed by atoms with Gasteiger partial charge in [0.25, 0.3) is 5.91 Å². The maximum atomic E-state index is 13.0. The number of hydrogen-bond donors (Lipinski definition) is 1. The van der Waals surface area contributed by atoms with Crippen molar-refractivity contribution < 1.29 is 14.4 Å². The van der Waals surface area contributed by atoms with Crippen molar-refractivity contribution in [1.29, 1.82) is 0 Å². The third-order valence-corrected chi connectivity index (χ3v) is 6.52. The van der Waals surface area contributed by atoms with Crippen LogP contribution in [-0.4, -0.2) is 83.3 Å². The summed E-state index contributed by atoms with van der Waals surface area (Å²) in [7, 11) is 2.19. The molecule has 1 N–H and O–H groups in total. The molecule has 0 saturated carbocycles. The predicted molar refractivity (Wildman–Crippen MR) is 101 cm³/mol. The number of hydrogen-bond acceptors (Lipinski definition) is 6. The van der Waals surface area contributed by atoms with E-state index in [1.165, 1.54) is 19.3 Å². The molecule has 3 aliphatic rings. The molecule has 1 spiro atoms. The number of piperidine rings is 3. The van der Waals surface area contributed by atoms with Gasteiger partial charge in [0, 0.05) is 44.2 Å². The Hall–Kier alpha value is -1.44. The van der Waals surface area contributed by atoms with E-state index in [-0.39, 0.29) is 17.4 Å². The summed E-state index contributed by atoms with van der Waals surface area (Å²) in [6.07, 6.45) is 6.13. The molecule has 3 aliphatic heterocycles. The van der Waals surface area contributed by atoms with E-state index in [1.807, 2.05) is 11.0 Å². The first-order valence-electron chi connectivity index (χ1n) is 10.4. The molecule has 3 saturated heterocycles. The minimum Gasteiger partial charge on any atom is -0.393 e. The molecule has 1 aromatic heterocycles. The van der Waals surface area contributed by atoms with E-state index in [0.29, 0.717) is 12.2 Å². The van der Waals surface area contributed by atoms with Gasteiger partial charge in [0.1, 0.15) is 0 Å². The van der Waals surface area contributed by atoms with Crippen molar-refractivity contribution in [3.63, 3.8) is 0 Å². The summed E-state index contributed by atoms with van der Waals surface area (Å²) in [5, 5.41) is 13.7. The number of rotatable bonds is 3. The molecule has 7 heteroatoms. The van der Waals surface area contributed by atoms with Crippen LogP contribution in [0, 0.1) is 5.41 Å². The van der Waals surface area contributed by atoms with Gasteiger partial charge >= 0.3 is 0 Å². The van der Waals surface area contributed by atoms with Crippen LogP contribution in [0.3, 0.4) is 0 Å². The molecule has 7 nitrogen and oxygen atoms in total. The second-order valence-electron chi connectivity index (χ2n) is 8.86. The fourth-order valence-corrected chi connectivity index (χ4v) is 5.12. The van der Waals surface area contributed by atoms with Crippen LogP contribution < -0.4 is 0 Å². The maximum Gasteiger partial charge on any atom is 0.276 e. The molecule has 0 bridgehead atoms. The molecule has 0 aromatic carbocycles. The second-order valence-corrected chi connectivity index (χ2v) is 8.86. The van der Waals surface area contributed by atoms with Gasteiger partial charge in [0.15, 0.2) is 11.5 Å². The van der Waals surface area contributed by atoms with Gasteiger partial charge in [-0.25, -0.2) is 0 Å². The summed E-state index contributed by atoms with van der Waals surface area (Å²) < 4.78 is 5.45. The summed E-state index contributed by atoms with van der Waals surface area (Å²) in [5.74, 6) is 0.741. The highest BCUT2D eigenvalue weighted by Crippen LogP contribution is 2.38. The molecule has 0 radical (unpaired) electrons. The van der Waals surface area contributed by atoms with E-state index in [9.17, 15) is 9.90 Å². The van der Waals surface area contributed by atoms with Gasteiger partial charge in [0.2, 0.25) is 0 Å². The minimum atomic E-state index is -0.182. The summed E-state index contributed by atoms with van der Waals surface area (Å²) in [6.45, 7) is 6.26. The van der Waals surface area contributed by atoms with Crippen LogP contribution >= 0.6 is 0 Å². The smallest absolute Gasteiger partial charge is 0.276 e. The van der Waals surface area contributed by atoms with Gasteiger partial charge in [-0.05, 0) is 52.1 Å². The normalized spacial score (nSPS) is 28.7. The molecule has 1 atom stereocenters. The number of carbonyl (C=O) groups excluding carboxylic acids is 1. The Labute approximate surface area is 161 Å². The van der Waals surface area contributed by atoms with Crippen molar-refractivity contribution in [2.24, 2.45) is 5.41 Å². The predicted octanol–water partition coefficient (Wildman–Crippen LogP) is 1.58. The van der Waals surface area contributed by atoms with Crippen molar-refractivity contribution in [2.45, 2.75) is 51.2 Å². The highest BCUT2D eigenvalue weighted by Gasteiger charge is 2.40. The fourth-order valence-electron chi connectivity index (χ4n) is 5.12. The Morgan fingerprint density at radius 2 is 1.96 bits per heavy atom. The van der Waals surface area contributed by atoms with Crippen molar-refractivity contribution in [1.82, 2.24) is 19.9 Å². The monoisotopic (exact) mass is 376 g/mol. The highest BCUT2D eigenvalue weighted by atomic mass is 16.5. The third kappa shape index (κ3) is 4.36. The average molecular weight is 377 g/mol. The van der Waals surface area contributed by atoms with E-state index in [2.05, 4.69) is 22.0 Å². The van der Waals surface area contributed by atoms with Gasteiger partial charge in [-0.2, -0.15) is 0 Å². The van der Waals surface area contributed by atoms with Gasteiger partial charge < -0.3 is 19.4 Å². The van der Waals surface area contributed by atoms with Crippen LogP contribution in [0.25, 0.3) is 0 Å². The van der Waals surface area contributed by atoms with Crippen LogP contribution in [0.5, 0.6) is 0 Å². The number of likely N-dealkylation sites (tertiary alicyclic amines) is 3. The van der Waals surface area contributed by atoms with E-state index >= 15 is 0 Å². The van der Waals surface area contributed by atoms with E-state index in [1.54, 1.807) is 0 Å². The number of carbonyl (C=O) groups is 1. The first-order valence-corrected chi connectivity index (χ1v) is 10.4. The zero-order chi connectivity index (χ0) is 18.9. The van der Waals surface area contributed by atoms with Crippen LogP contribution in [0.4, 0.5) is 0 Å². The standard InChI is InChI=1S/C20H32N4O3/c1-22-8-2-6-20(14-22)7-3-9-24(15-20)19(26)18-12-17(27-21-18)13-23-10-4-16(25)5-11-23/h12,16,25H,2-11,13-15H2,1H3/t20-/m0/s1. The van der Waals surface area contributed by atoms with Gasteiger partial charge in [-0.15, -0.1) is 0 Å². The van der Waals surface area contributed by atoms with Gasteiger partial charge in [-0.3, -0.25) is 9.69 Å². The number of amides is 1. The summed E-state index contributed by atoms with van der Waals surface area (Å²) in [5.41, 5.74) is 0.686. The molecule has 1 amide bonds. The Morgan fingerprint density at radius 1 is 1.22 bits per heavy atom. The molecule has 27 heavy (non-hydrogen) atoms. The zero-order valence-corrected chi connectivity index (χ0v) is 16.4.